The average molecular weight is 394 g/mol. The summed E-state index contributed by atoms with van der Waals surface area (Å²) in [7, 11) is -3.44. The minimum atomic E-state index is -3.44. The van der Waals surface area contributed by atoms with Crippen molar-refractivity contribution in [3.63, 3.8) is 0 Å². The van der Waals surface area contributed by atoms with Gasteiger partial charge in [-0.05, 0) is 30.4 Å². The zero-order chi connectivity index (χ0) is 19.4. The van der Waals surface area contributed by atoms with Crippen LogP contribution in [0.4, 0.5) is 0 Å². The lowest BCUT2D eigenvalue weighted by molar-refractivity contribution is -0.124. The molecular formula is C20H31N3O3S. The standard InChI is InChI=1S/C20H31N3O3S/c1-16-7-6-10-19(17(16)2)21-20(24)15-22-11-13-23(14-12-22)27(25,26)18-8-4-3-5-9-18/h3-5,8-9,16-17,19H,6-7,10-15H2,1-2H3,(H,21,24)/t16-,17+,19-/m1/s1. The van der Waals surface area contributed by atoms with Gasteiger partial charge in [0, 0.05) is 32.2 Å². The van der Waals surface area contributed by atoms with E-state index < -0.39 is 10.0 Å². The number of carbonyl (C=O) groups is 1. The van der Waals surface area contributed by atoms with E-state index in [1.807, 2.05) is 11.0 Å². The first kappa shape index (κ1) is 20.3. The van der Waals surface area contributed by atoms with Crippen LogP contribution in [0.1, 0.15) is 33.1 Å². The molecule has 150 valence electrons. The van der Waals surface area contributed by atoms with Crippen molar-refractivity contribution < 1.29 is 13.2 Å². The van der Waals surface area contributed by atoms with E-state index in [-0.39, 0.29) is 11.9 Å². The Morgan fingerprint density at radius 3 is 2.41 bits per heavy atom. The molecule has 0 bridgehead atoms. The third-order valence-corrected chi connectivity index (χ3v) is 8.05. The largest absolute Gasteiger partial charge is 0.352 e. The summed E-state index contributed by atoms with van der Waals surface area (Å²) in [5, 5.41) is 3.20. The van der Waals surface area contributed by atoms with Crippen LogP contribution in [0.5, 0.6) is 0 Å². The van der Waals surface area contributed by atoms with Crippen molar-refractivity contribution >= 4 is 15.9 Å². The highest BCUT2D eigenvalue weighted by Crippen LogP contribution is 2.29. The maximum Gasteiger partial charge on any atom is 0.243 e. The van der Waals surface area contributed by atoms with E-state index in [9.17, 15) is 13.2 Å². The second-order valence-corrected chi connectivity index (χ2v) is 9.87. The quantitative estimate of drug-likeness (QED) is 0.830. The van der Waals surface area contributed by atoms with E-state index in [4.69, 9.17) is 0 Å². The van der Waals surface area contributed by atoms with Crippen molar-refractivity contribution in [2.24, 2.45) is 11.8 Å². The molecule has 7 heteroatoms. The maximum absolute atomic E-state index is 12.7. The van der Waals surface area contributed by atoms with Gasteiger partial charge in [-0.1, -0.05) is 44.9 Å². The summed E-state index contributed by atoms with van der Waals surface area (Å²) in [4.78, 5) is 14.8. The highest BCUT2D eigenvalue weighted by Gasteiger charge is 2.31. The number of benzene rings is 1. The van der Waals surface area contributed by atoms with Gasteiger partial charge >= 0.3 is 0 Å². The number of rotatable bonds is 5. The minimum absolute atomic E-state index is 0.0558. The zero-order valence-electron chi connectivity index (χ0n) is 16.3. The number of nitrogens with one attached hydrogen (secondary N) is 1. The Labute approximate surface area is 163 Å². The third-order valence-electron chi connectivity index (χ3n) is 6.13. The van der Waals surface area contributed by atoms with Gasteiger partial charge in [0.1, 0.15) is 0 Å². The lowest BCUT2D eigenvalue weighted by atomic mass is 9.78. The smallest absolute Gasteiger partial charge is 0.243 e. The predicted octanol–water partition coefficient (Wildman–Crippen LogP) is 1.93. The summed E-state index contributed by atoms with van der Waals surface area (Å²) in [6.07, 6.45) is 3.47. The predicted molar refractivity (Wildman–Crippen MR) is 106 cm³/mol. The summed E-state index contributed by atoms with van der Waals surface area (Å²) >= 11 is 0. The third kappa shape index (κ3) is 4.89. The average Bonchev–Trinajstić information content (AvgIpc) is 2.66. The molecule has 1 aromatic rings. The molecule has 1 saturated carbocycles. The molecule has 1 saturated heterocycles. The van der Waals surface area contributed by atoms with Crippen molar-refractivity contribution in [3.8, 4) is 0 Å². The molecule has 2 aliphatic rings. The fourth-order valence-electron chi connectivity index (χ4n) is 4.11. The number of amides is 1. The number of sulfonamides is 1. The van der Waals surface area contributed by atoms with E-state index in [1.54, 1.807) is 24.3 Å². The van der Waals surface area contributed by atoms with Crippen LogP contribution < -0.4 is 5.32 Å². The van der Waals surface area contributed by atoms with Crippen LogP contribution >= 0.6 is 0 Å². The first-order valence-electron chi connectivity index (χ1n) is 9.95. The molecule has 0 radical (unpaired) electrons. The van der Waals surface area contributed by atoms with E-state index >= 15 is 0 Å². The molecular weight excluding hydrogens is 362 g/mol. The molecule has 3 atom stereocenters. The molecule has 27 heavy (non-hydrogen) atoms. The van der Waals surface area contributed by atoms with Crippen LogP contribution in [0.15, 0.2) is 35.2 Å². The first-order valence-corrected chi connectivity index (χ1v) is 11.4. The minimum Gasteiger partial charge on any atom is -0.352 e. The van der Waals surface area contributed by atoms with Crippen molar-refractivity contribution in [1.82, 2.24) is 14.5 Å². The molecule has 1 N–H and O–H groups in total. The second kappa shape index (κ2) is 8.71. The zero-order valence-corrected chi connectivity index (χ0v) is 17.1. The van der Waals surface area contributed by atoms with E-state index in [1.165, 1.54) is 17.1 Å². The van der Waals surface area contributed by atoms with Gasteiger partial charge in [-0.25, -0.2) is 8.42 Å². The molecule has 1 amide bonds. The molecule has 1 aromatic carbocycles. The Morgan fingerprint density at radius 2 is 1.74 bits per heavy atom. The summed E-state index contributed by atoms with van der Waals surface area (Å²) in [5.41, 5.74) is 0. The molecule has 1 heterocycles. The van der Waals surface area contributed by atoms with Crippen LogP contribution in [0, 0.1) is 11.8 Å². The molecule has 2 fully saturated rings. The van der Waals surface area contributed by atoms with Crippen LogP contribution in [0.25, 0.3) is 0 Å². The van der Waals surface area contributed by atoms with Crippen molar-refractivity contribution in [3.05, 3.63) is 30.3 Å². The topological polar surface area (TPSA) is 69.7 Å². The van der Waals surface area contributed by atoms with E-state index in [0.29, 0.717) is 49.5 Å². The molecule has 0 unspecified atom stereocenters. The number of hydrogen-bond donors (Lipinski definition) is 1. The number of carbonyl (C=O) groups excluding carboxylic acids is 1. The van der Waals surface area contributed by atoms with Crippen LogP contribution in [0.2, 0.25) is 0 Å². The lowest BCUT2D eigenvalue weighted by Gasteiger charge is -2.36. The Bertz CT molecular complexity index is 730. The summed E-state index contributed by atoms with van der Waals surface area (Å²) < 4.78 is 26.9. The molecule has 1 aliphatic carbocycles. The highest BCUT2D eigenvalue weighted by atomic mass is 32.2. The lowest BCUT2D eigenvalue weighted by Crippen LogP contribution is -2.52. The number of hydrogen-bond acceptors (Lipinski definition) is 4. The number of piperazine rings is 1. The second-order valence-electron chi connectivity index (χ2n) is 7.93. The Morgan fingerprint density at radius 1 is 1.07 bits per heavy atom. The van der Waals surface area contributed by atoms with Gasteiger partial charge in [0.2, 0.25) is 15.9 Å². The first-order chi connectivity index (χ1) is 12.9. The van der Waals surface area contributed by atoms with Gasteiger partial charge < -0.3 is 5.32 Å². The number of nitrogens with zero attached hydrogens (tertiary/aromatic N) is 2. The molecule has 0 spiro atoms. The Balaban J connectivity index is 1.49. The van der Waals surface area contributed by atoms with Gasteiger partial charge in [-0.3, -0.25) is 9.69 Å². The molecule has 0 aromatic heterocycles. The fraction of sp³-hybridized carbons (Fsp3) is 0.650. The van der Waals surface area contributed by atoms with Crippen molar-refractivity contribution in [2.45, 2.75) is 44.0 Å². The van der Waals surface area contributed by atoms with Gasteiger partial charge in [0.25, 0.3) is 0 Å². The van der Waals surface area contributed by atoms with E-state index in [2.05, 4.69) is 19.2 Å². The summed E-state index contributed by atoms with van der Waals surface area (Å²) in [5.74, 6) is 1.21. The van der Waals surface area contributed by atoms with Gasteiger partial charge in [0.15, 0.2) is 0 Å². The van der Waals surface area contributed by atoms with Gasteiger partial charge in [0.05, 0.1) is 11.4 Å². The monoisotopic (exact) mass is 393 g/mol. The van der Waals surface area contributed by atoms with Gasteiger partial charge in [-0.2, -0.15) is 4.31 Å². The summed E-state index contributed by atoms with van der Waals surface area (Å²) in [6.45, 7) is 6.82. The Hall–Kier alpha value is -1.44. The Kier molecular flexibility index (Phi) is 6.55. The highest BCUT2D eigenvalue weighted by molar-refractivity contribution is 7.89. The van der Waals surface area contributed by atoms with Crippen LogP contribution in [-0.4, -0.2) is 62.3 Å². The molecule has 6 nitrogen and oxygen atoms in total. The molecule has 1 aliphatic heterocycles. The summed E-state index contributed by atoms with van der Waals surface area (Å²) in [6, 6.07) is 8.80. The maximum atomic E-state index is 12.7. The molecule has 3 rings (SSSR count). The SMILES string of the molecule is C[C@H]1[C@H](C)CCC[C@H]1NC(=O)CN1CCN(S(=O)(=O)c2ccccc2)CC1. The van der Waals surface area contributed by atoms with E-state index in [0.717, 1.165) is 6.42 Å². The normalized spacial score (nSPS) is 28.0. The van der Waals surface area contributed by atoms with Crippen LogP contribution in [0.3, 0.4) is 0 Å². The van der Waals surface area contributed by atoms with Gasteiger partial charge in [-0.15, -0.1) is 0 Å². The van der Waals surface area contributed by atoms with Crippen molar-refractivity contribution in [2.75, 3.05) is 32.7 Å². The van der Waals surface area contributed by atoms with Crippen molar-refractivity contribution in [1.29, 1.82) is 0 Å². The fourth-order valence-corrected chi connectivity index (χ4v) is 5.55. The van der Waals surface area contributed by atoms with Crippen LogP contribution in [-0.2, 0) is 14.8 Å².